The van der Waals surface area contributed by atoms with E-state index in [1.54, 1.807) is 6.07 Å². The molecular weight excluding hydrogens is 223 g/mol. The van der Waals surface area contributed by atoms with Crippen LogP contribution < -0.4 is 4.74 Å². The molecule has 88 valence electrons. The van der Waals surface area contributed by atoms with Crippen LogP contribution in [0.1, 0.15) is 12.5 Å². The van der Waals surface area contributed by atoms with Crippen LogP contribution in [0.2, 0.25) is 0 Å². The number of rotatable bonds is 3. The van der Waals surface area contributed by atoms with E-state index < -0.39 is 6.36 Å². The largest absolute Gasteiger partial charge is 0.573 e. The molecule has 0 radical (unpaired) electrons. The molecule has 16 heavy (non-hydrogen) atoms. The number of nitrogens with zero attached hydrogens (tertiary/aromatic N) is 1. The summed E-state index contributed by atoms with van der Waals surface area (Å²) in [6.07, 6.45) is -4.72. The Kier molecular flexibility index (Phi) is 3.76. The molecule has 0 unspecified atom stereocenters. The van der Waals surface area contributed by atoms with Crippen LogP contribution in [0.3, 0.4) is 0 Å². The van der Waals surface area contributed by atoms with E-state index in [1.807, 2.05) is 0 Å². The third-order valence-corrected chi connectivity index (χ3v) is 1.73. The highest BCUT2D eigenvalue weighted by Gasteiger charge is 2.32. The normalized spacial score (nSPS) is 12.4. The highest BCUT2D eigenvalue weighted by molar-refractivity contribution is 6.00. The quantitative estimate of drug-likeness (QED) is 0.593. The van der Waals surface area contributed by atoms with E-state index in [2.05, 4.69) is 14.7 Å². The number of hydrogen-bond acceptors (Lipinski definition) is 3. The number of halogens is 3. The molecule has 6 heteroatoms. The van der Waals surface area contributed by atoms with E-state index in [0.717, 1.165) is 0 Å². The first-order valence-corrected chi connectivity index (χ1v) is 4.37. The van der Waals surface area contributed by atoms with E-state index >= 15 is 0 Å². The number of ether oxygens (including phenoxy) is 1. The molecule has 1 aromatic rings. The number of alkyl halides is 3. The molecule has 0 N–H and O–H groups in total. The van der Waals surface area contributed by atoms with Crippen LogP contribution >= 0.6 is 0 Å². The highest BCUT2D eigenvalue weighted by Crippen LogP contribution is 2.26. The SMILES string of the molecule is CO/N=C(\C)c1ccccc1OC(F)(F)F. The second kappa shape index (κ2) is 4.87. The van der Waals surface area contributed by atoms with Crippen LogP contribution in [0.25, 0.3) is 0 Å². The van der Waals surface area contributed by atoms with Gasteiger partial charge in [-0.2, -0.15) is 0 Å². The number of benzene rings is 1. The molecule has 0 aromatic heterocycles. The van der Waals surface area contributed by atoms with Gasteiger partial charge in [-0.15, -0.1) is 13.2 Å². The van der Waals surface area contributed by atoms with E-state index in [1.165, 1.54) is 32.2 Å². The molecule has 1 aromatic carbocycles. The van der Waals surface area contributed by atoms with Crippen molar-refractivity contribution >= 4 is 5.71 Å². The van der Waals surface area contributed by atoms with Crippen molar-refractivity contribution in [3.05, 3.63) is 29.8 Å². The first kappa shape index (κ1) is 12.4. The molecular formula is C10H10F3NO2. The van der Waals surface area contributed by atoms with Crippen molar-refractivity contribution in [2.45, 2.75) is 13.3 Å². The van der Waals surface area contributed by atoms with Gasteiger partial charge in [0.25, 0.3) is 0 Å². The molecule has 3 nitrogen and oxygen atoms in total. The molecule has 0 spiro atoms. The van der Waals surface area contributed by atoms with Crippen LogP contribution in [0.15, 0.2) is 29.4 Å². The molecule has 0 bridgehead atoms. The summed E-state index contributed by atoms with van der Waals surface area (Å²) in [7, 11) is 1.32. The fourth-order valence-electron chi connectivity index (χ4n) is 1.17. The van der Waals surface area contributed by atoms with Gasteiger partial charge in [-0.3, -0.25) is 0 Å². The Morgan fingerprint density at radius 3 is 2.44 bits per heavy atom. The summed E-state index contributed by atoms with van der Waals surface area (Å²) >= 11 is 0. The molecule has 0 aliphatic heterocycles. The Morgan fingerprint density at radius 1 is 1.25 bits per heavy atom. The van der Waals surface area contributed by atoms with E-state index in [4.69, 9.17) is 0 Å². The predicted molar refractivity (Wildman–Crippen MR) is 52.3 cm³/mol. The lowest BCUT2D eigenvalue weighted by atomic mass is 10.1. The Labute approximate surface area is 90.5 Å². The van der Waals surface area contributed by atoms with E-state index in [0.29, 0.717) is 5.71 Å². The van der Waals surface area contributed by atoms with Gasteiger partial charge >= 0.3 is 6.36 Å². The number of oxime groups is 1. The van der Waals surface area contributed by atoms with Gasteiger partial charge in [0.15, 0.2) is 0 Å². The fourth-order valence-corrected chi connectivity index (χ4v) is 1.17. The van der Waals surface area contributed by atoms with Crippen molar-refractivity contribution in [1.82, 2.24) is 0 Å². The Balaban J connectivity index is 3.06. The fraction of sp³-hybridized carbons (Fsp3) is 0.300. The predicted octanol–water partition coefficient (Wildman–Crippen LogP) is 2.96. The summed E-state index contributed by atoms with van der Waals surface area (Å²) < 4.78 is 40.1. The molecule has 0 fully saturated rings. The molecule has 1 rings (SSSR count). The van der Waals surface area contributed by atoms with Crippen LogP contribution in [-0.4, -0.2) is 19.2 Å². The maximum atomic E-state index is 12.1. The van der Waals surface area contributed by atoms with Crippen molar-refractivity contribution in [1.29, 1.82) is 0 Å². The zero-order valence-corrected chi connectivity index (χ0v) is 8.71. The van der Waals surface area contributed by atoms with Gasteiger partial charge in [0.05, 0.1) is 5.71 Å². The van der Waals surface area contributed by atoms with Crippen molar-refractivity contribution in [3.8, 4) is 5.75 Å². The van der Waals surface area contributed by atoms with Crippen LogP contribution in [-0.2, 0) is 4.84 Å². The van der Waals surface area contributed by atoms with Crippen LogP contribution in [0, 0.1) is 0 Å². The second-order valence-corrected chi connectivity index (χ2v) is 2.90. The summed E-state index contributed by atoms with van der Waals surface area (Å²) in [5.41, 5.74) is 0.545. The van der Waals surface area contributed by atoms with Gasteiger partial charge in [-0.1, -0.05) is 17.3 Å². The van der Waals surface area contributed by atoms with Crippen LogP contribution in [0.4, 0.5) is 13.2 Å². The van der Waals surface area contributed by atoms with Gasteiger partial charge in [-0.25, -0.2) is 0 Å². The average Bonchev–Trinajstić information content (AvgIpc) is 2.16. The van der Waals surface area contributed by atoms with Gasteiger partial charge in [0.1, 0.15) is 12.9 Å². The molecule has 0 saturated heterocycles. The zero-order chi connectivity index (χ0) is 12.2. The zero-order valence-electron chi connectivity index (χ0n) is 8.71. The first-order valence-electron chi connectivity index (χ1n) is 4.37. The van der Waals surface area contributed by atoms with Gasteiger partial charge < -0.3 is 9.57 Å². The third kappa shape index (κ3) is 3.45. The minimum atomic E-state index is -4.72. The van der Waals surface area contributed by atoms with Crippen molar-refractivity contribution in [2.24, 2.45) is 5.16 Å². The molecule has 0 aliphatic carbocycles. The summed E-state index contributed by atoms with van der Waals surface area (Å²) in [4.78, 5) is 4.49. The number of hydrogen-bond donors (Lipinski definition) is 0. The Hall–Kier alpha value is -1.72. The van der Waals surface area contributed by atoms with Crippen molar-refractivity contribution in [2.75, 3.05) is 7.11 Å². The monoisotopic (exact) mass is 233 g/mol. The second-order valence-electron chi connectivity index (χ2n) is 2.90. The molecule has 0 amide bonds. The molecule has 0 saturated carbocycles. The first-order chi connectivity index (χ1) is 7.44. The number of para-hydroxylation sites is 1. The topological polar surface area (TPSA) is 30.8 Å². The average molecular weight is 233 g/mol. The Bertz CT molecular complexity index is 388. The maximum absolute atomic E-state index is 12.1. The van der Waals surface area contributed by atoms with Crippen molar-refractivity contribution in [3.63, 3.8) is 0 Å². The Morgan fingerprint density at radius 2 is 1.88 bits per heavy atom. The minimum Gasteiger partial charge on any atom is -0.405 e. The minimum absolute atomic E-state index is 0.238. The van der Waals surface area contributed by atoms with Gasteiger partial charge in [0.2, 0.25) is 0 Å². The lowest BCUT2D eigenvalue weighted by Crippen LogP contribution is -2.18. The summed E-state index contributed by atoms with van der Waals surface area (Å²) in [6, 6.07) is 5.73. The lowest BCUT2D eigenvalue weighted by Gasteiger charge is -2.12. The third-order valence-electron chi connectivity index (χ3n) is 1.73. The molecule has 0 heterocycles. The highest BCUT2D eigenvalue weighted by atomic mass is 19.4. The van der Waals surface area contributed by atoms with Crippen LogP contribution in [0.5, 0.6) is 5.75 Å². The summed E-state index contributed by atoms with van der Waals surface area (Å²) in [5.74, 6) is -0.298. The van der Waals surface area contributed by atoms with Crippen molar-refractivity contribution < 1.29 is 22.7 Å². The lowest BCUT2D eigenvalue weighted by molar-refractivity contribution is -0.274. The van der Waals surface area contributed by atoms with E-state index in [9.17, 15) is 13.2 Å². The molecule has 0 atom stereocenters. The summed E-state index contributed by atoms with van der Waals surface area (Å²) in [5, 5.41) is 3.55. The summed E-state index contributed by atoms with van der Waals surface area (Å²) in [6.45, 7) is 1.53. The van der Waals surface area contributed by atoms with Gasteiger partial charge in [0, 0.05) is 5.56 Å². The smallest absolute Gasteiger partial charge is 0.405 e. The molecule has 0 aliphatic rings. The van der Waals surface area contributed by atoms with E-state index in [-0.39, 0.29) is 11.3 Å². The van der Waals surface area contributed by atoms with Gasteiger partial charge in [-0.05, 0) is 19.1 Å². The maximum Gasteiger partial charge on any atom is 0.573 e. The standard InChI is InChI=1S/C10H10F3NO2/c1-7(14-15-2)8-5-3-4-6-9(8)16-10(11,12)13/h3-6H,1-2H3/b14-7+.